The molecule has 1 fully saturated rings. The van der Waals surface area contributed by atoms with Crippen LogP contribution in [0.1, 0.15) is 63.5 Å². The maximum atomic E-state index is 12.3. The lowest BCUT2D eigenvalue weighted by Crippen LogP contribution is -2.46. The van der Waals surface area contributed by atoms with E-state index >= 15 is 0 Å². The lowest BCUT2D eigenvalue weighted by atomic mass is 9.80. The van der Waals surface area contributed by atoms with Crippen molar-refractivity contribution >= 4 is 5.91 Å². The van der Waals surface area contributed by atoms with Gasteiger partial charge in [0.25, 0.3) is 0 Å². The van der Waals surface area contributed by atoms with E-state index in [4.69, 9.17) is 5.73 Å². The smallest absolute Gasteiger partial charge is 0.222 e. The second-order valence-electron chi connectivity index (χ2n) is 6.04. The molecule has 1 atom stereocenters. The topological polar surface area (TPSA) is 55.1 Å². The van der Waals surface area contributed by atoms with Gasteiger partial charge in [-0.05, 0) is 24.8 Å². The maximum Gasteiger partial charge on any atom is 0.222 e. The molecule has 0 heterocycles. The quantitative estimate of drug-likeness (QED) is 0.865. The van der Waals surface area contributed by atoms with Gasteiger partial charge in [0.2, 0.25) is 5.91 Å². The molecule has 3 N–H and O–H groups in total. The predicted octanol–water partition coefficient (Wildman–Crippen LogP) is 3.31. The second kappa shape index (κ2) is 6.89. The lowest BCUT2D eigenvalue weighted by Gasteiger charge is -2.33. The van der Waals surface area contributed by atoms with Gasteiger partial charge in [0.15, 0.2) is 0 Å². The van der Waals surface area contributed by atoms with Gasteiger partial charge in [-0.2, -0.15) is 0 Å². The Balaban J connectivity index is 1.92. The molecule has 20 heavy (non-hydrogen) atoms. The molecular weight excluding hydrogens is 248 g/mol. The number of carbonyl (C=O) groups is 1. The molecule has 1 amide bonds. The number of nitrogens with one attached hydrogen (secondary N) is 1. The Morgan fingerprint density at radius 1 is 1.25 bits per heavy atom. The van der Waals surface area contributed by atoms with Crippen LogP contribution in [0.2, 0.25) is 0 Å². The Labute approximate surface area is 121 Å². The van der Waals surface area contributed by atoms with E-state index in [2.05, 4.69) is 24.4 Å². The zero-order valence-electron chi connectivity index (χ0n) is 12.4. The zero-order chi connectivity index (χ0) is 14.4. The summed E-state index contributed by atoms with van der Waals surface area (Å²) in [6.45, 7) is 2.09. The van der Waals surface area contributed by atoms with E-state index in [1.807, 2.05) is 18.2 Å². The predicted molar refractivity (Wildman–Crippen MR) is 82.2 cm³/mol. The SMILES string of the molecule is CCC(NC(=O)CC1(N)CCCCC1)c1ccccc1. The fourth-order valence-corrected chi connectivity index (χ4v) is 3.10. The van der Waals surface area contributed by atoms with Gasteiger partial charge < -0.3 is 11.1 Å². The van der Waals surface area contributed by atoms with Gasteiger partial charge in [-0.1, -0.05) is 56.5 Å². The van der Waals surface area contributed by atoms with Crippen molar-refractivity contribution in [3.63, 3.8) is 0 Å². The average Bonchev–Trinajstić information content (AvgIpc) is 2.46. The van der Waals surface area contributed by atoms with Crippen LogP contribution in [0.4, 0.5) is 0 Å². The first-order valence-corrected chi connectivity index (χ1v) is 7.76. The maximum absolute atomic E-state index is 12.3. The Morgan fingerprint density at radius 3 is 2.50 bits per heavy atom. The van der Waals surface area contributed by atoms with Crippen molar-refractivity contribution < 1.29 is 4.79 Å². The van der Waals surface area contributed by atoms with Gasteiger partial charge in [0, 0.05) is 12.0 Å². The molecule has 0 aliphatic heterocycles. The summed E-state index contributed by atoms with van der Waals surface area (Å²) >= 11 is 0. The Morgan fingerprint density at radius 2 is 1.90 bits per heavy atom. The highest BCUT2D eigenvalue weighted by Gasteiger charge is 2.30. The highest BCUT2D eigenvalue weighted by atomic mass is 16.1. The van der Waals surface area contributed by atoms with Gasteiger partial charge in [-0.3, -0.25) is 4.79 Å². The van der Waals surface area contributed by atoms with Crippen molar-refractivity contribution in [2.45, 2.75) is 63.5 Å². The number of hydrogen-bond donors (Lipinski definition) is 2. The van der Waals surface area contributed by atoms with Gasteiger partial charge in [-0.25, -0.2) is 0 Å². The standard InChI is InChI=1S/C17H26N2O/c1-2-15(14-9-5-3-6-10-14)19-16(20)13-17(18)11-7-4-8-12-17/h3,5-6,9-10,15H,2,4,7-8,11-13,18H2,1H3,(H,19,20). The van der Waals surface area contributed by atoms with E-state index in [1.54, 1.807) is 0 Å². The molecule has 1 unspecified atom stereocenters. The number of carbonyl (C=O) groups excluding carboxylic acids is 1. The minimum atomic E-state index is -0.280. The second-order valence-corrected chi connectivity index (χ2v) is 6.04. The highest BCUT2D eigenvalue weighted by molar-refractivity contribution is 5.77. The summed E-state index contributed by atoms with van der Waals surface area (Å²) in [7, 11) is 0. The third-order valence-electron chi connectivity index (χ3n) is 4.31. The van der Waals surface area contributed by atoms with Crippen molar-refractivity contribution in [1.29, 1.82) is 0 Å². The zero-order valence-corrected chi connectivity index (χ0v) is 12.4. The van der Waals surface area contributed by atoms with E-state index in [9.17, 15) is 4.79 Å². The molecule has 0 radical (unpaired) electrons. The van der Waals surface area contributed by atoms with Crippen LogP contribution in [0.5, 0.6) is 0 Å². The van der Waals surface area contributed by atoms with Crippen LogP contribution in [0.15, 0.2) is 30.3 Å². The molecule has 1 aliphatic rings. The molecule has 0 spiro atoms. The summed E-state index contributed by atoms with van der Waals surface area (Å²) < 4.78 is 0. The van der Waals surface area contributed by atoms with Crippen LogP contribution in [0, 0.1) is 0 Å². The van der Waals surface area contributed by atoms with E-state index in [1.165, 1.54) is 6.42 Å². The number of rotatable bonds is 5. The third kappa shape index (κ3) is 4.07. The van der Waals surface area contributed by atoms with Crippen molar-refractivity contribution in [2.75, 3.05) is 0 Å². The summed E-state index contributed by atoms with van der Waals surface area (Å²) in [6.07, 6.45) is 6.86. The number of nitrogens with two attached hydrogens (primary N) is 1. The van der Waals surface area contributed by atoms with Gasteiger partial charge in [0.05, 0.1) is 6.04 Å². The van der Waals surface area contributed by atoms with Gasteiger partial charge in [-0.15, -0.1) is 0 Å². The number of amides is 1. The Kier molecular flexibility index (Phi) is 5.18. The van der Waals surface area contributed by atoms with Crippen LogP contribution in [-0.4, -0.2) is 11.4 Å². The molecule has 0 bridgehead atoms. The first-order valence-electron chi connectivity index (χ1n) is 7.76. The fraction of sp³-hybridized carbons (Fsp3) is 0.588. The van der Waals surface area contributed by atoms with Crippen LogP contribution in [0.3, 0.4) is 0 Å². The molecule has 1 saturated carbocycles. The highest BCUT2D eigenvalue weighted by Crippen LogP contribution is 2.29. The molecule has 110 valence electrons. The molecule has 1 aromatic rings. The summed E-state index contributed by atoms with van der Waals surface area (Å²) in [4.78, 5) is 12.3. The molecular formula is C17H26N2O. The van der Waals surface area contributed by atoms with Gasteiger partial charge in [0.1, 0.15) is 0 Å². The molecule has 2 rings (SSSR count). The molecule has 0 aromatic heterocycles. The van der Waals surface area contributed by atoms with Crippen molar-refractivity contribution in [1.82, 2.24) is 5.32 Å². The lowest BCUT2D eigenvalue weighted by molar-refractivity contribution is -0.123. The summed E-state index contributed by atoms with van der Waals surface area (Å²) in [5.74, 6) is 0.0881. The van der Waals surface area contributed by atoms with E-state index in [0.29, 0.717) is 6.42 Å². The average molecular weight is 274 g/mol. The van der Waals surface area contributed by atoms with Crippen LogP contribution < -0.4 is 11.1 Å². The summed E-state index contributed by atoms with van der Waals surface area (Å²) in [5, 5.41) is 3.14. The normalized spacial score (nSPS) is 19.3. The van der Waals surface area contributed by atoms with Crippen molar-refractivity contribution in [2.24, 2.45) is 5.73 Å². The van der Waals surface area contributed by atoms with E-state index in [-0.39, 0.29) is 17.5 Å². The minimum absolute atomic E-state index is 0.0881. The molecule has 3 nitrogen and oxygen atoms in total. The first-order chi connectivity index (χ1) is 9.63. The van der Waals surface area contributed by atoms with E-state index < -0.39 is 0 Å². The molecule has 0 saturated heterocycles. The van der Waals surface area contributed by atoms with Crippen molar-refractivity contribution in [3.05, 3.63) is 35.9 Å². The summed E-state index contributed by atoms with van der Waals surface area (Å²) in [6, 6.07) is 10.2. The summed E-state index contributed by atoms with van der Waals surface area (Å²) in [5.41, 5.74) is 7.24. The van der Waals surface area contributed by atoms with Crippen LogP contribution in [0.25, 0.3) is 0 Å². The third-order valence-corrected chi connectivity index (χ3v) is 4.31. The Bertz CT molecular complexity index is 424. The molecule has 3 heteroatoms. The first kappa shape index (κ1) is 15.0. The van der Waals surface area contributed by atoms with E-state index in [0.717, 1.165) is 37.7 Å². The van der Waals surface area contributed by atoms with Crippen LogP contribution >= 0.6 is 0 Å². The fourth-order valence-electron chi connectivity index (χ4n) is 3.10. The van der Waals surface area contributed by atoms with Gasteiger partial charge >= 0.3 is 0 Å². The molecule has 1 aliphatic carbocycles. The molecule has 1 aromatic carbocycles. The number of benzene rings is 1. The monoisotopic (exact) mass is 274 g/mol. The largest absolute Gasteiger partial charge is 0.349 e. The van der Waals surface area contributed by atoms with Crippen LogP contribution in [-0.2, 0) is 4.79 Å². The Hall–Kier alpha value is -1.35. The number of hydrogen-bond acceptors (Lipinski definition) is 2. The minimum Gasteiger partial charge on any atom is -0.349 e. The van der Waals surface area contributed by atoms with Crippen molar-refractivity contribution in [3.8, 4) is 0 Å².